The number of nitrogens with one attached hydrogen (secondary N) is 1. The first-order valence-corrected chi connectivity index (χ1v) is 8.94. The summed E-state index contributed by atoms with van der Waals surface area (Å²) in [5.74, 6) is -1.12. The Labute approximate surface area is 158 Å². The molecular weight excluding hydrogens is 346 g/mol. The lowest BCUT2D eigenvalue weighted by molar-refractivity contribution is -0.134. The van der Waals surface area contributed by atoms with Gasteiger partial charge in [0.1, 0.15) is 11.3 Å². The van der Waals surface area contributed by atoms with Gasteiger partial charge in [-0.15, -0.1) is 0 Å². The van der Waals surface area contributed by atoms with E-state index < -0.39 is 5.97 Å². The molecule has 0 saturated carbocycles. The second-order valence-electron chi connectivity index (χ2n) is 6.51. The second-order valence-corrected chi connectivity index (χ2v) is 6.51. The third-order valence-electron chi connectivity index (χ3n) is 4.75. The Bertz CT molecular complexity index is 805. The van der Waals surface area contributed by atoms with E-state index in [0.29, 0.717) is 17.9 Å². The minimum absolute atomic E-state index is 0.0763. The van der Waals surface area contributed by atoms with Crippen molar-refractivity contribution in [2.24, 2.45) is 5.92 Å². The molecule has 2 aromatic rings. The van der Waals surface area contributed by atoms with Crippen LogP contribution >= 0.6 is 0 Å². The Hall–Kier alpha value is -2.86. The van der Waals surface area contributed by atoms with E-state index in [9.17, 15) is 14.7 Å². The van der Waals surface area contributed by atoms with Gasteiger partial charge >= 0.3 is 5.97 Å². The molecule has 3 rings (SSSR count). The van der Waals surface area contributed by atoms with Crippen molar-refractivity contribution in [3.63, 3.8) is 0 Å². The van der Waals surface area contributed by atoms with Crippen LogP contribution < -0.4 is 10.1 Å². The van der Waals surface area contributed by atoms with Gasteiger partial charge < -0.3 is 19.9 Å². The van der Waals surface area contributed by atoms with Crippen molar-refractivity contribution in [1.82, 2.24) is 5.32 Å². The van der Waals surface area contributed by atoms with Crippen LogP contribution in [-0.4, -0.2) is 30.7 Å². The van der Waals surface area contributed by atoms with Gasteiger partial charge in [0, 0.05) is 13.2 Å². The fourth-order valence-corrected chi connectivity index (χ4v) is 3.37. The highest BCUT2D eigenvalue weighted by Crippen LogP contribution is 2.33. The largest absolute Gasteiger partial charge is 0.496 e. The molecule has 0 aromatic heterocycles. The van der Waals surface area contributed by atoms with Gasteiger partial charge in [0.05, 0.1) is 19.1 Å². The van der Waals surface area contributed by atoms with Crippen molar-refractivity contribution < 1.29 is 24.2 Å². The van der Waals surface area contributed by atoms with Crippen molar-refractivity contribution in [2.75, 3.05) is 13.7 Å². The molecule has 0 aliphatic carbocycles. The molecule has 2 N–H and O–H groups in total. The van der Waals surface area contributed by atoms with Crippen LogP contribution in [-0.2, 0) is 16.1 Å². The van der Waals surface area contributed by atoms with Crippen LogP contribution in [0.1, 0.15) is 40.4 Å². The zero-order valence-electron chi connectivity index (χ0n) is 15.2. The lowest BCUT2D eigenvalue weighted by Crippen LogP contribution is -2.37. The molecule has 142 valence electrons. The van der Waals surface area contributed by atoms with Crippen LogP contribution in [0, 0.1) is 5.92 Å². The van der Waals surface area contributed by atoms with Crippen LogP contribution in [0.3, 0.4) is 0 Å². The zero-order valence-corrected chi connectivity index (χ0v) is 15.2. The molecule has 1 heterocycles. The number of hydrogen-bond acceptors (Lipinski definition) is 4. The lowest BCUT2D eigenvalue weighted by atomic mass is 9.88. The SMILES string of the molecule is COc1ccc(CNC(=O)C2CCCOC2c2ccccc2)cc1C(=O)O. The highest BCUT2D eigenvalue weighted by atomic mass is 16.5. The predicted octanol–water partition coefficient (Wildman–Crippen LogP) is 3.18. The van der Waals surface area contributed by atoms with Crippen LogP contribution in [0.5, 0.6) is 5.75 Å². The summed E-state index contributed by atoms with van der Waals surface area (Å²) in [6.45, 7) is 0.894. The van der Waals surface area contributed by atoms with Gasteiger partial charge in [0.2, 0.25) is 5.91 Å². The smallest absolute Gasteiger partial charge is 0.339 e. The minimum Gasteiger partial charge on any atom is -0.496 e. The van der Waals surface area contributed by atoms with Crippen molar-refractivity contribution in [3.8, 4) is 5.75 Å². The number of aromatic carboxylic acids is 1. The van der Waals surface area contributed by atoms with E-state index in [1.54, 1.807) is 12.1 Å². The van der Waals surface area contributed by atoms with Gasteiger partial charge in [0.25, 0.3) is 0 Å². The average Bonchev–Trinajstić information content (AvgIpc) is 2.72. The van der Waals surface area contributed by atoms with Crippen molar-refractivity contribution in [1.29, 1.82) is 0 Å². The Balaban J connectivity index is 1.69. The maximum atomic E-state index is 12.8. The van der Waals surface area contributed by atoms with Crippen LogP contribution in [0.25, 0.3) is 0 Å². The molecule has 2 unspecified atom stereocenters. The van der Waals surface area contributed by atoms with E-state index in [1.807, 2.05) is 30.3 Å². The van der Waals surface area contributed by atoms with E-state index in [-0.39, 0.29) is 30.0 Å². The molecule has 1 aliphatic rings. The number of methoxy groups -OCH3 is 1. The first-order chi connectivity index (χ1) is 13.1. The maximum absolute atomic E-state index is 12.8. The third-order valence-corrected chi connectivity index (χ3v) is 4.75. The topological polar surface area (TPSA) is 84.9 Å². The number of carboxylic acids is 1. The Morgan fingerprint density at radius 1 is 1.22 bits per heavy atom. The Morgan fingerprint density at radius 3 is 2.70 bits per heavy atom. The highest BCUT2D eigenvalue weighted by molar-refractivity contribution is 5.91. The fourth-order valence-electron chi connectivity index (χ4n) is 3.37. The summed E-state index contributed by atoms with van der Waals surface area (Å²) in [4.78, 5) is 24.1. The van der Waals surface area contributed by atoms with Gasteiger partial charge in [-0.2, -0.15) is 0 Å². The van der Waals surface area contributed by atoms with E-state index in [2.05, 4.69) is 5.32 Å². The predicted molar refractivity (Wildman–Crippen MR) is 99.7 cm³/mol. The standard InChI is InChI=1S/C21H23NO5/c1-26-18-10-9-14(12-17(18)21(24)25)13-22-20(23)16-8-5-11-27-19(16)15-6-3-2-4-7-15/h2-4,6-7,9-10,12,16,19H,5,8,11,13H2,1H3,(H,22,23)(H,24,25). The monoisotopic (exact) mass is 369 g/mol. The number of hydrogen-bond donors (Lipinski definition) is 2. The van der Waals surface area contributed by atoms with Crippen molar-refractivity contribution in [3.05, 3.63) is 65.2 Å². The molecule has 0 radical (unpaired) electrons. The summed E-state index contributed by atoms with van der Waals surface area (Å²) in [5.41, 5.74) is 1.77. The maximum Gasteiger partial charge on any atom is 0.339 e. The molecule has 0 bridgehead atoms. The van der Waals surface area contributed by atoms with Crippen LogP contribution in [0.15, 0.2) is 48.5 Å². The first-order valence-electron chi connectivity index (χ1n) is 8.94. The van der Waals surface area contributed by atoms with Gasteiger partial charge in [-0.1, -0.05) is 36.4 Å². The van der Waals surface area contributed by atoms with Crippen LogP contribution in [0.4, 0.5) is 0 Å². The lowest BCUT2D eigenvalue weighted by Gasteiger charge is -2.31. The van der Waals surface area contributed by atoms with E-state index in [1.165, 1.54) is 13.2 Å². The minimum atomic E-state index is -1.06. The molecule has 27 heavy (non-hydrogen) atoms. The summed E-state index contributed by atoms with van der Waals surface area (Å²) in [5, 5.41) is 12.2. The normalized spacial score (nSPS) is 19.3. The van der Waals surface area contributed by atoms with E-state index in [0.717, 1.165) is 18.4 Å². The first kappa shape index (κ1) is 18.9. The summed E-state index contributed by atoms with van der Waals surface area (Å²) >= 11 is 0. The number of carboxylic acid groups (broad SMARTS) is 1. The number of ether oxygens (including phenoxy) is 2. The Morgan fingerprint density at radius 2 is 2.00 bits per heavy atom. The third kappa shape index (κ3) is 4.46. The fraction of sp³-hybridized carbons (Fsp3) is 0.333. The molecular formula is C21H23NO5. The molecule has 6 nitrogen and oxygen atoms in total. The van der Waals surface area contributed by atoms with Crippen molar-refractivity contribution in [2.45, 2.75) is 25.5 Å². The Kier molecular flexibility index (Phi) is 6.08. The average molecular weight is 369 g/mol. The van der Waals surface area contributed by atoms with E-state index >= 15 is 0 Å². The number of carbonyl (C=O) groups excluding carboxylic acids is 1. The molecule has 2 atom stereocenters. The molecule has 6 heteroatoms. The highest BCUT2D eigenvalue weighted by Gasteiger charge is 2.32. The molecule has 1 aliphatic heterocycles. The van der Waals surface area contributed by atoms with Crippen LogP contribution in [0.2, 0.25) is 0 Å². The zero-order chi connectivity index (χ0) is 19.2. The molecule has 1 fully saturated rings. The van der Waals surface area contributed by atoms with Gasteiger partial charge in [-0.3, -0.25) is 4.79 Å². The number of carbonyl (C=O) groups is 2. The quantitative estimate of drug-likeness (QED) is 0.817. The summed E-state index contributed by atoms with van der Waals surface area (Å²) in [6.07, 6.45) is 1.34. The second kappa shape index (κ2) is 8.68. The van der Waals surface area contributed by atoms with E-state index in [4.69, 9.17) is 9.47 Å². The summed E-state index contributed by atoms with van der Waals surface area (Å²) in [7, 11) is 1.43. The molecule has 1 amide bonds. The molecule has 0 spiro atoms. The number of benzene rings is 2. The number of amides is 1. The molecule has 1 saturated heterocycles. The summed E-state index contributed by atoms with van der Waals surface area (Å²) in [6, 6.07) is 14.6. The van der Waals surface area contributed by atoms with Gasteiger partial charge in [-0.25, -0.2) is 4.79 Å². The van der Waals surface area contributed by atoms with Gasteiger partial charge in [-0.05, 0) is 36.1 Å². The van der Waals surface area contributed by atoms with Crippen molar-refractivity contribution >= 4 is 11.9 Å². The molecule has 2 aromatic carbocycles. The number of rotatable bonds is 6. The van der Waals surface area contributed by atoms with Gasteiger partial charge in [0.15, 0.2) is 0 Å². The summed E-state index contributed by atoms with van der Waals surface area (Å²) < 4.78 is 10.9.